The van der Waals surface area contributed by atoms with Crippen molar-refractivity contribution in [1.29, 1.82) is 0 Å². The summed E-state index contributed by atoms with van der Waals surface area (Å²) < 4.78 is 50.1. The molecule has 30 heavy (non-hydrogen) atoms. The fourth-order valence-corrected chi connectivity index (χ4v) is 2.77. The van der Waals surface area contributed by atoms with E-state index < -0.39 is 11.7 Å². The van der Waals surface area contributed by atoms with Gasteiger partial charge in [-0.1, -0.05) is 6.07 Å². The molecular weight excluding hydrogens is 401 g/mol. The number of anilines is 3. The Hall–Kier alpha value is -3.47. The number of benzene rings is 1. The largest absolute Gasteiger partial charge is 0.424 e. The van der Waals surface area contributed by atoms with Crippen LogP contribution in [0.2, 0.25) is 0 Å². The zero-order valence-electron chi connectivity index (χ0n) is 15.6. The Labute approximate surface area is 169 Å². The first-order valence-electron chi connectivity index (χ1n) is 9.08. The van der Waals surface area contributed by atoms with E-state index in [1.807, 2.05) is 4.90 Å². The lowest BCUT2D eigenvalue weighted by atomic mass is 10.2. The summed E-state index contributed by atoms with van der Waals surface area (Å²) in [7, 11) is 0. The molecule has 1 fully saturated rings. The van der Waals surface area contributed by atoms with Gasteiger partial charge < -0.3 is 19.7 Å². The molecule has 4 rings (SSSR count). The Morgan fingerprint density at radius 3 is 2.50 bits per heavy atom. The Bertz CT molecular complexity index is 997. The number of halogens is 3. The van der Waals surface area contributed by atoms with Crippen molar-refractivity contribution in [3.05, 3.63) is 54.4 Å². The molecule has 0 aliphatic carbocycles. The highest BCUT2D eigenvalue weighted by molar-refractivity contribution is 5.56. The summed E-state index contributed by atoms with van der Waals surface area (Å²) in [4.78, 5) is 18.7. The van der Waals surface area contributed by atoms with Crippen molar-refractivity contribution in [2.24, 2.45) is 0 Å². The first-order chi connectivity index (χ1) is 14.5. The van der Waals surface area contributed by atoms with Crippen molar-refractivity contribution < 1.29 is 22.6 Å². The highest BCUT2D eigenvalue weighted by Crippen LogP contribution is 2.31. The zero-order valence-corrected chi connectivity index (χ0v) is 15.6. The van der Waals surface area contributed by atoms with Gasteiger partial charge in [0.25, 0.3) is 0 Å². The molecule has 0 bridgehead atoms. The van der Waals surface area contributed by atoms with Crippen LogP contribution in [0.5, 0.6) is 11.8 Å². The van der Waals surface area contributed by atoms with Gasteiger partial charge in [-0.05, 0) is 30.3 Å². The first kappa shape index (κ1) is 19.8. The van der Waals surface area contributed by atoms with Gasteiger partial charge in [-0.25, -0.2) is 0 Å². The van der Waals surface area contributed by atoms with Crippen LogP contribution in [0.25, 0.3) is 0 Å². The minimum atomic E-state index is -4.45. The third-order valence-electron chi connectivity index (χ3n) is 4.20. The lowest BCUT2D eigenvalue weighted by Gasteiger charge is -2.27. The number of hydrogen-bond acceptors (Lipinski definition) is 8. The molecule has 0 saturated carbocycles. The molecule has 3 aromatic rings. The van der Waals surface area contributed by atoms with Crippen molar-refractivity contribution in [3.63, 3.8) is 0 Å². The topological polar surface area (TPSA) is 85.3 Å². The van der Waals surface area contributed by atoms with Gasteiger partial charge in [0.15, 0.2) is 0 Å². The van der Waals surface area contributed by atoms with Gasteiger partial charge >= 0.3 is 12.2 Å². The van der Waals surface area contributed by atoms with Crippen molar-refractivity contribution in [2.75, 3.05) is 36.5 Å². The molecule has 1 aromatic carbocycles. The van der Waals surface area contributed by atoms with Crippen molar-refractivity contribution >= 4 is 17.6 Å². The highest BCUT2D eigenvalue weighted by Gasteiger charge is 2.30. The van der Waals surface area contributed by atoms with Crippen LogP contribution >= 0.6 is 0 Å². The minimum Gasteiger partial charge on any atom is -0.424 e. The van der Waals surface area contributed by atoms with Crippen LogP contribution < -0.4 is 15.0 Å². The molecule has 8 nitrogen and oxygen atoms in total. The summed E-state index contributed by atoms with van der Waals surface area (Å²) in [6.07, 6.45) is -1.34. The van der Waals surface area contributed by atoms with Gasteiger partial charge in [0.2, 0.25) is 11.9 Å². The van der Waals surface area contributed by atoms with Crippen LogP contribution in [0, 0.1) is 0 Å². The van der Waals surface area contributed by atoms with E-state index in [-0.39, 0.29) is 17.6 Å². The molecule has 0 unspecified atom stereocenters. The fraction of sp³-hybridized carbons (Fsp3) is 0.263. The summed E-state index contributed by atoms with van der Waals surface area (Å²) >= 11 is 0. The number of nitrogens with zero attached hydrogens (tertiary/aromatic N) is 5. The van der Waals surface area contributed by atoms with Gasteiger partial charge in [0, 0.05) is 31.2 Å². The molecule has 0 spiro atoms. The maximum absolute atomic E-state index is 13.0. The minimum absolute atomic E-state index is 0.00664. The number of rotatable bonds is 5. The van der Waals surface area contributed by atoms with Gasteiger partial charge in [-0.2, -0.15) is 28.1 Å². The number of ether oxygens (including phenoxy) is 2. The molecule has 1 N–H and O–H groups in total. The lowest BCUT2D eigenvalue weighted by molar-refractivity contribution is -0.137. The van der Waals surface area contributed by atoms with E-state index >= 15 is 0 Å². The maximum atomic E-state index is 13.0. The van der Waals surface area contributed by atoms with Crippen LogP contribution in [0.3, 0.4) is 0 Å². The fourth-order valence-electron chi connectivity index (χ4n) is 2.77. The van der Waals surface area contributed by atoms with Crippen molar-refractivity contribution in [2.45, 2.75) is 6.18 Å². The maximum Gasteiger partial charge on any atom is 0.416 e. The lowest BCUT2D eigenvalue weighted by Crippen LogP contribution is -2.37. The smallest absolute Gasteiger partial charge is 0.416 e. The second-order valence-corrected chi connectivity index (χ2v) is 6.33. The standard InChI is InChI=1S/C19H17F3N6O2/c20-19(21,22)13-2-1-3-14(12-13)24-16-25-17(28-8-10-29-11-9-28)27-18(26-16)30-15-4-6-23-7-5-15/h1-7,12H,8-11H2,(H,24,25,26,27). The number of hydrogen-bond donors (Lipinski definition) is 1. The zero-order chi connectivity index (χ0) is 21.0. The van der Waals surface area contributed by atoms with Crippen LogP contribution in [0.15, 0.2) is 48.8 Å². The molecule has 3 heterocycles. The SMILES string of the molecule is FC(F)(F)c1cccc(Nc2nc(Oc3ccncc3)nc(N3CCOCC3)n2)c1. The summed E-state index contributed by atoms with van der Waals surface area (Å²) in [5.41, 5.74) is -0.581. The predicted molar refractivity (Wildman–Crippen MR) is 102 cm³/mol. The second-order valence-electron chi connectivity index (χ2n) is 6.33. The molecule has 11 heteroatoms. The van der Waals surface area contributed by atoms with Gasteiger partial charge in [-0.15, -0.1) is 0 Å². The average Bonchev–Trinajstić information content (AvgIpc) is 2.74. The number of pyridine rings is 1. The monoisotopic (exact) mass is 418 g/mol. The number of morpholine rings is 1. The molecule has 1 saturated heterocycles. The highest BCUT2D eigenvalue weighted by atomic mass is 19.4. The van der Waals surface area contributed by atoms with Crippen molar-refractivity contribution in [1.82, 2.24) is 19.9 Å². The van der Waals surface area contributed by atoms with Crippen LogP contribution in [0.1, 0.15) is 5.56 Å². The Morgan fingerprint density at radius 2 is 1.77 bits per heavy atom. The molecule has 0 radical (unpaired) electrons. The molecule has 156 valence electrons. The van der Waals surface area contributed by atoms with E-state index in [2.05, 4.69) is 25.3 Å². The number of aromatic nitrogens is 4. The van der Waals surface area contributed by atoms with Gasteiger partial charge in [0.1, 0.15) is 5.75 Å². The van der Waals surface area contributed by atoms with E-state index in [0.717, 1.165) is 12.1 Å². The third kappa shape index (κ3) is 4.92. The van der Waals surface area contributed by atoms with E-state index in [0.29, 0.717) is 38.0 Å². The molecule has 2 aromatic heterocycles. The summed E-state index contributed by atoms with van der Waals surface area (Å²) in [5.74, 6) is 0.871. The summed E-state index contributed by atoms with van der Waals surface area (Å²) in [5, 5.41) is 2.81. The van der Waals surface area contributed by atoms with E-state index in [4.69, 9.17) is 9.47 Å². The van der Waals surface area contributed by atoms with Crippen LogP contribution in [0.4, 0.5) is 30.8 Å². The quantitative estimate of drug-likeness (QED) is 0.672. The summed E-state index contributed by atoms with van der Waals surface area (Å²) in [6.45, 7) is 2.18. The molecular formula is C19H17F3N6O2. The number of alkyl halides is 3. The Morgan fingerprint density at radius 1 is 1.00 bits per heavy atom. The normalized spacial score (nSPS) is 14.4. The van der Waals surface area contributed by atoms with Crippen LogP contribution in [-0.4, -0.2) is 46.2 Å². The molecule has 1 aliphatic rings. The Kier molecular flexibility index (Phi) is 5.61. The number of nitrogens with one attached hydrogen (secondary N) is 1. The van der Waals surface area contributed by atoms with Gasteiger partial charge in [0.05, 0.1) is 18.8 Å². The predicted octanol–water partition coefficient (Wildman–Crippen LogP) is 3.66. The molecule has 0 atom stereocenters. The average molecular weight is 418 g/mol. The van der Waals surface area contributed by atoms with E-state index in [1.54, 1.807) is 24.5 Å². The van der Waals surface area contributed by atoms with E-state index in [1.165, 1.54) is 12.1 Å². The van der Waals surface area contributed by atoms with Crippen molar-refractivity contribution in [3.8, 4) is 11.8 Å². The van der Waals surface area contributed by atoms with Crippen LogP contribution in [-0.2, 0) is 10.9 Å². The van der Waals surface area contributed by atoms with Gasteiger partial charge in [-0.3, -0.25) is 4.98 Å². The third-order valence-corrected chi connectivity index (χ3v) is 4.20. The first-order valence-corrected chi connectivity index (χ1v) is 9.08. The van der Waals surface area contributed by atoms with E-state index in [9.17, 15) is 13.2 Å². The molecule has 0 amide bonds. The summed E-state index contributed by atoms with van der Waals surface area (Å²) in [6, 6.07) is 8.07. The second kappa shape index (κ2) is 8.49. The Balaban J connectivity index is 1.65. The molecule has 1 aliphatic heterocycles.